The summed E-state index contributed by atoms with van der Waals surface area (Å²) < 4.78 is 46.5. The third kappa shape index (κ3) is 4.03. The number of Topliss-reactive ketones (excluding diaryl/α,β-unsaturated/α-hetero) is 1. The van der Waals surface area contributed by atoms with Gasteiger partial charge in [0.2, 0.25) is 21.8 Å². The average Bonchev–Trinajstić information content (AvgIpc) is 3.25. The SMILES string of the molecule is CC(=O)c1cccc(S(=O)(=O)N2CCCC(c3nnc(-c4ccc(F)cc4)o3)C2)c1. The summed E-state index contributed by atoms with van der Waals surface area (Å²) in [5, 5.41) is 8.11. The maximum atomic E-state index is 13.1. The molecule has 9 heteroatoms. The van der Waals surface area contributed by atoms with Gasteiger partial charge in [0.1, 0.15) is 5.82 Å². The van der Waals surface area contributed by atoms with Gasteiger partial charge in [0.25, 0.3) is 0 Å². The molecular formula is C21H20FN3O4S. The molecule has 0 amide bonds. The predicted molar refractivity (Wildman–Crippen MR) is 107 cm³/mol. The minimum atomic E-state index is -3.76. The van der Waals surface area contributed by atoms with Crippen LogP contribution in [0.2, 0.25) is 0 Å². The fraction of sp³-hybridized carbons (Fsp3) is 0.286. The van der Waals surface area contributed by atoms with Gasteiger partial charge in [0.05, 0.1) is 10.8 Å². The van der Waals surface area contributed by atoms with Gasteiger partial charge in [-0.05, 0) is 56.2 Å². The standard InChI is InChI=1S/C21H20FN3O4S/c1-14(26)16-4-2-6-19(12-16)30(27,28)25-11-3-5-17(13-25)21-24-23-20(29-21)15-7-9-18(22)10-8-15/h2,4,6-10,12,17H,3,5,11,13H2,1H3. The normalized spacial score (nSPS) is 17.7. The van der Waals surface area contributed by atoms with E-state index in [-0.39, 0.29) is 34.8 Å². The quantitative estimate of drug-likeness (QED) is 0.575. The van der Waals surface area contributed by atoms with Crippen LogP contribution < -0.4 is 0 Å². The van der Waals surface area contributed by atoms with E-state index in [1.165, 1.54) is 35.5 Å². The summed E-state index contributed by atoms with van der Waals surface area (Å²) in [6.45, 7) is 1.98. The van der Waals surface area contributed by atoms with E-state index in [0.29, 0.717) is 36.4 Å². The molecule has 1 aliphatic heterocycles. The number of hydrogen-bond donors (Lipinski definition) is 0. The Balaban J connectivity index is 1.55. The summed E-state index contributed by atoms with van der Waals surface area (Å²) in [4.78, 5) is 11.7. The molecule has 0 N–H and O–H groups in total. The number of aromatic nitrogens is 2. The van der Waals surface area contributed by atoms with Gasteiger partial charge in [-0.3, -0.25) is 4.79 Å². The van der Waals surface area contributed by atoms with Crippen LogP contribution in [-0.4, -0.2) is 41.8 Å². The Morgan fingerprint density at radius 3 is 2.67 bits per heavy atom. The lowest BCUT2D eigenvalue weighted by Crippen LogP contribution is -2.39. The molecule has 1 unspecified atom stereocenters. The van der Waals surface area contributed by atoms with Gasteiger partial charge in [-0.15, -0.1) is 10.2 Å². The minimum Gasteiger partial charge on any atom is -0.420 e. The van der Waals surface area contributed by atoms with E-state index < -0.39 is 10.0 Å². The first kappa shape index (κ1) is 20.4. The summed E-state index contributed by atoms with van der Waals surface area (Å²) in [6.07, 6.45) is 1.36. The van der Waals surface area contributed by atoms with Crippen molar-refractivity contribution in [2.75, 3.05) is 13.1 Å². The highest BCUT2D eigenvalue weighted by Crippen LogP contribution is 2.31. The zero-order valence-electron chi connectivity index (χ0n) is 16.3. The number of rotatable bonds is 5. The lowest BCUT2D eigenvalue weighted by molar-refractivity contribution is 0.101. The average molecular weight is 429 g/mol. The Hall–Kier alpha value is -2.91. The number of benzene rings is 2. The van der Waals surface area contributed by atoms with Crippen LogP contribution in [0, 0.1) is 5.82 Å². The van der Waals surface area contributed by atoms with Gasteiger partial charge in [-0.1, -0.05) is 12.1 Å². The highest BCUT2D eigenvalue weighted by molar-refractivity contribution is 7.89. The molecule has 0 bridgehead atoms. The van der Waals surface area contributed by atoms with Gasteiger partial charge in [0.15, 0.2) is 5.78 Å². The van der Waals surface area contributed by atoms with Crippen LogP contribution >= 0.6 is 0 Å². The van der Waals surface area contributed by atoms with Crippen LogP contribution in [0.3, 0.4) is 0 Å². The van der Waals surface area contributed by atoms with E-state index in [9.17, 15) is 17.6 Å². The minimum absolute atomic E-state index is 0.0911. The van der Waals surface area contributed by atoms with Crippen molar-refractivity contribution < 1.29 is 22.0 Å². The number of hydrogen-bond acceptors (Lipinski definition) is 6. The lowest BCUT2D eigenvalue weighted by atomic mass is 10.00. The van der Waals surface area contributed by atoms with Crippen molar-refractivity contribution in [1.82, 2.24) is 14.5 Å². The molecule has 1 aliphatic rings. The van der Waals surface area contributed by atoms with Crippen molar-refractivity contribution in [2.24, 2.45) is 0 Å². The molecule has 0 saturated carbocycles. The van der Waals surface area contributed by atoms with E-state index in [0.717, 1.165) is 0 Å². The number of carbonyl (C=O) groups is 1. The fourth-order valence-corrected chi connectivity index (χ4v) is 5.07. The number of halogens is 1. The maximum absolute atomic E-state index is 13.1. The molecule has 1 fully saturated rings. The molecule has 30 heavy (non-hydrogen) atoms. The topological polar surface area (TPSA) is 93.4 Å². The highest BCUT2D eigenvalue weighted by atomic mass is 32.2. The van der Waals surface area contributed by atoms with E-state index in [2.05, 4.69) is 10.2 Å². The van der Waals surface area contributed by atoms with Crippen LogP contribution in [0.5, 0.6) is 0 Å². The van der Waals surface area contributed by atoms with Crippen molar-refractivity contribution in [3.8, 4) is 11.5 Å². The van der Waals surface area contributed by atoms with Gasteiger partial charge < -0.3 is 4.42 Å². The van der Waals surface area contributed by atoms with E-state index in [4.69, 9.17) is 4.42 Å². The van der Waals surface area contributed by atoms with Crippen molar-refractivity contribution in [3.63, 3.8) is 0 Å². The summed E-state index contributed by atoms with van der Waals surface area (Å²) in [5.41, 5.74) is 0.946. The van der Waals surface area contributed by atoms with Crippen molar-refractivity contribution >= 4 is 15.8 Å². The van der Waals surface area contributed by atoms with Crippen molar-refractivity contribution in [1.29, 1.82) is 0 Å². The Morgan fingerprint density at radius 2 is 1.93 bits per heavy atom. The third-order valence-electron chi connectivity index (χ3n) is 5.14. The first-order valence-corrected chi connectivity index (χ1v) is 11.0. The summed E-state index contributed by atoms with van der Waals surface area (Å²) >= 11 is 0. The van der Waals surface area contributed by atoms with Crippen molar-refractivity contribution in [3.05, 3.63) is 65.8 Å². The van der Waals surface area contributed by atoms with Gasteiger partial charge in [0, 0.05) is 24.2 Å². The number of ketones is 1. The maximum Gasteiger partial charge on any atom is 0.247 e. The molecule has 2 heterocycles. The second-order valence-electron chi connectivity index (χ2n) is 7.24. The molecule has 1 atom stereocenters. The Kier molecular flexibility index (Phi) is 5.48. The monoisotopic (exact) mass is 429 g/mol. The van der Waals surface area contributed by atoms with E-state index in [1.54, 1.807) is 24.3 Å². The third-order valence-corrected chi connectivity index (χ3v) is 7.00. The summed E-state index contributed by atoms with van der Waals surface area (Å²) in [5.74, 6) is -0.180. The Labute approximate surface area is 173 Å². The van der Waals surface area contributed by atoms with Crippen LogP contribution in [0.1, 0.15) is 41.9 Å². The molecule has 0 spiro atoms. The van der Waals surface area contributed by atoms with Gasteiger partial charge in [-0.2, -0.15) is 4.31 Å². The van der Waals surface area contributed by atoms with Crippen LogP contribution in [0.25, 0.3) is 11.5 Å². The Bertz CT molecular complexity index is 1170. The molecule has 0 aliphatic carbocycles. The highest BCUT2D eigenvalue weighted by Gasteiger charge is 2.33. The lowest BCUT2D eigenvalue weighted by Gasteiger charge is -2.30. The largest absolute Gasteiger partial charge is 0.420 e. The number of nitrogens with zero attached hydrogens (tertiary/aromatic N) is 3. The number of carbonyl (C=O) groups excluding carboxylic acids is 1. The smallest absolute Gasteiger partial charge is 0.247 e. The molecule has 4 rings (SSSR count). The molecule has 156 valence electrons. The van der Waals surface area contributed by atoms with Gasteiger partial charge >= 0.3 is 0 Å². The summed E-state index contributed by atoms with van der Waals surface area (Å²) in [6, 6.07) is 11.8. The molecule has 1 aromatic heterocycles. The molecule has 0 radical (unpaired) electrons. The van der Waals surface area contributed by atoms with Gasteiger partial charge in [-0.25, -0.2) is 12.8 Å². The van der Waals surface area contributed by atoms with Crippen LogP contribution in [0.4, 0.5) is 4.39 Å². The number of piperidine rings is 1. The van der Waals surface area contributed by atoms with Crippen LogP contribution in [0.15, 0.2) is 57.8 Å². The first-order valence-electron chi connectivity index (χ1n) is 9.55. The van der Waals surface area contributed by atoms with E-state index in [1.807, 2.05) is 0 Å². The van der Waals surface area contributed by atoms with Crippen molar-refractivity contribution in [2.45, 2.75) is 30.6 Å². The zero-order chi connectivity index (χ0) is 21.3. The summed E-state index contributed by atoms with van der Waals surface area (Å²) in [7, 11) is -3.76. The fourth-order valence-electron chi connectivity index (χ4n) is 3.50. The molecule has 1 saturated heterocycles. The molecule has 7 nitrogen and oxygen atoms in total. The zero-order valence-corrected chi connectivity index (χ0v) is 17.1. The second kappa shape index (κ2) is 8.08. The first-order chi connectivity index (χ1) is 14.3. The van der Waals surface area contributed by atoms with Crippen LogP contribution in [-0.2, 0) is 10.0 Å². The Morgan fingerprint density at radius 1 is 1.17 bits per heavy atom. The molecule has 3 aromatic rings. The van der Waals surface area contributed by atoms with E-state index >= 15 is 0 Å². The second-order valence-corrected chi connectivity index (χ2v) is 9.18. The molecular weight excluding hydrogens is 409 g/mol. The molecule has 2 aromatic carbocycles. The number of sulfonamides is 1. The predicted octanol–water partition coefficient (Wildman–Crippen LogP) is 3.65.